The lowest BCUT2D eigenvalue weighted by Gasteiger charge is -2.16. The molecule has 0 atom stereocenters. The summed E-state index contributed by atoms with van der Waals surface area (Å²) in [6.45, 7) is 4.60. The summed E-state index contributed by atoms with van der Waals surface area (Å²) in [5, 5.41) is 0. The van der Waals surface area contributed by atoms with Gasteiger partial charge < -0.3 is 9.88 Å². The molecule has 2 heterocycles. The molecular formula is C9H14N2. The van der Waals surface area contributed by atoms with E-state index in [0.717, 1.165) is 0 Å². The lowest BCUT2D eigenvalue weighted by molar-refractivity contribution is 0.949. The van der Waals surface area contributed by atoms with Crippen LogP contribution in [-0.2, 0) is 0 Å². The van der Waals surface area contributed by atoms with E-state index >= 15 is 0 Å². The Balaban J connectivity index is 2.21. The van der Waals surface area contributed by atoms with E-state index in [1.807, 2.05) is 6.20 Å². The summed E-state index contributed by atoms with van der Waals surface area (Å²) in [6, 6.07) is 2.17. The maximum absolute atomic E-state index is 3.20. The minimum Gasteiger partial charge on any atom is -0.370 e. The Bertz CT molecular complexity index is 233. The molecule has 0 spiro atoms. The number of H-pyrrole nitrogens is 1. The van der Waals surface area contributed by atoms with E-state index < -0.39 is 0 Å². The molecule has 1 saturated heterocycles. The van der Waals surface area contributed by atoms with Gasteiger partial charge in [0.2, 0.25) is 0 Å². The van der Waals surface area contributed by atoms with Crippen LogP contribution in [0.3, 0.4) is 0 Å². The SMILES string of the molecule is Cc1[nH]ccc1N1CCCC1. The molecular weight excluding hydrogens is 136 g/mol. The summed E-state index contributed by atoms with van der Waals surface area (Å²) in [6.07, 6.45) is 4.72. The standard InChI is InChI=1S/C9H14N2/c1-8-9(4-5-10-8)11-6-2-3-7-11/h4-5,10H,2-3,6-7H2,1H3. The topological polar surface area (TPSA) is 19.0 Å². The van der Waals surface area contributed by atoms with E-state index in [2.05, 4.69) is 22.9 Å². The zero-order valence-electron chi connectivity index (χ0n) is 6.93. The molecule has 11 heavy (non-hydrogen) atoms. The van der Waals surface area contributed by atoms with Crippen molar-refractivity contribution in [2.45, 2.75) is 19.8 Å². The number of aromatic amines is 1. The highest BCUT2D eigenvalue weighted by atomic mass is 15.2. The Morgan fingerprint density at radius 1 is 1.36 bits per heavy atom. The van der Waals surface area contributed by atoms with Gasteiger partial charge in [0, 0.05) is 25.0 Å². The molecule has 0 saturated carbocycles. The van der Waals surface area contributed by atoms with Crippen molar-refractivity contribution in [1.29, 1.82) is 0 Å². The van der Waals surface area contributed by atoms with Gasteiger partial charge in [0.05, 0.1) is 5.69 Å². The average Bonchev–Trinajstić information content (AvgIpc) is 2.55. The third-order valence-electron chi connectivity index (χ3n) is 2.37. The maximum Gasteiger partial charge on any atom is 0.0574 e. The molecule has 1 aromatic heterocycles. The van der Waals surface area contributed by atoms with Gasteiger partial charge in [-0.1, -0.05) is 0 Å². The van der Waals surface area contributed by atoms with Gasteiger partial charge in [0.15, 0.2) is 0 Å². The molecule has 1 aliphatic rings. The Morgan fingerprint density at radius 3 is 2.64 bits per heavy atom. The lowest BCUT2D eigenvalue weighted by atomic mass is 10.3. The average molecular weight is 150 g/mol. The van der Waals surface area contributed by atoms with E-state index in [1.54, 1.807) is 0 Å². The molecule has 0 unspecified atom stereocenters. The Morgan fingerprint density at radius 2 is 2.09 bits per heavy atom. The Labute approximate surface area is 67.2 Å². The van der Waals surface area contributed by atoms with E-state index in [9.17, 15) is 0 Å². The molecule has 2 rings (SSSR count). The molecule has 1 fully saturated rings. The van der Waals surface area contributed by atoms with Crippen molar-refractivity contribution in [3.63, 3.8) is 0 Å². The number of rotatable bonds is 1. The first-order valence-electron chi connectivity index (χ1n) is 4.27. The fourth-order valence-corrected chi connectivity index (χ4v) is 1.75. The highest BCUT2D eigenvalue weighted by Crippen LogP contribution is 2.22. The van der Waals surface area contributed by atoms with Crippen LogP contribution < -0.4 is 4.90 Å². The normalized spacial score (nSPS) is 17.7. The summed E-state index contributed by atoms with van der Waals surface area (Å²) in [5.74, 6) is 0. The van der Waals surface area contributed by atoms with Gasteiger partial charge in [-0.05, 0) is 25.8 Å². The summed E-state index contributed by atoms with van der Waals surface area (Å²) < 4.78 is 0. The first-order chi connectivity index (χ1) is 5.38. The fraction of sp³-hybridized carbons (Fsp3) is 0.556. The van der Waals surface area contributed by atoms with Crippen molar-refractivity contribution in [3.05, 3.63) is 18.0 Å². The second-order valence-electron chi connectivity index (χ2n) is 3.18. The second-order valence-corrected chi connectivity index (χ2v) is 3.18. The summed E-state index contributed by atoms with van der Waals surface area (Å²) >= 11 is 0. The highest BCUT2D eigenvalue weighted by molar-refractivity contribution is 5.51. The second kappa shape index (κ2) is 2.61. The highest BCUT2D eigenvalue weighted by Gasteiger charge is 2.13. The van der Waals surface area contributed by atoms with Crippen LogP contribution in [-0.4, -0.2) is 18.1 Å². The number of aryl methyl sites for hydroxylation is 1. The number of hydrogen-bond donors (Lipinski definition) is 1. The zero-order chi connectivity index (χ0) is 7.68. The van der Waals surface area contributed by atoms with Gasteiger partial charge in [0.25, 0.3) is 0 Å². The van der Waals surface area contributed by atoms with Crippen LogP contribution in [0.4, 0.5) is 5.69 Å². The van der Waals surface area contributed by atoms with Crippen molar-refractivity contribution in [2.24, 2.45) is 0 Å². The smallest absolute Gasteiger partial charge is 0.0574 e. The van der Waals surface area contributed by atoms with Crippen LogP contribution in [0, 0.1) is 6.92 Å². The van der Waals surface area contributed by atoms with E-state index in [1.165, 1.54) is 37.3 Å². The van der Waals surface area contributed by atoms with Crippen molar-refractivity contribution < 1.29 is 0 Å². The van der Waals surface area contributed by atoms with Gasteiger partial charge in [-0.25, -0.2) is 0 Å². The van der Waals surface area contributed by atoms with Crippen LogP contribution in [0.1, 0.15) is 18.5 Å². The first kappa shape index (κ1) is 6.77. The van der Waals surface area contributed by atoms with Gasteiger partial charge in [0.1, 0.15) is 0 Å². The fourth-order valence-electron chi connectivity index (χ4n) is 1.75. The van der Waals surface area contributed by atoms with E-state index in [4.69, 9.17) is 0 Å². The molecule has 60 valence electrons. The monoisotopic (exact) mass is 150 g/mol. The Hall–Kier alpha value is -0.920. The molecule has 0 amide bonds. The van der Waals surface area contributed by atoms with Crippen molar-refractivity contribution in [1.82, 2.24) is 4.98 Å². The molecule has 0 aromatic carbocycles. The van der Waals surface area contributed by atoms with Crippen molar-refractivity contribution in [3.8, 4) is 0 Å². The van der Waals surface area contributed by atoms with Crippen LogP contribution in [0.25, 0.3) is 0 Å². The largest absolute Gasteiger partial charge is 0.370 e. The number of nitrogens with one attached hydrogen (secondary N) is 1. The quantitative estimate of drug-likeness (QED) is 0.648. The van der Waals surface area contributed by atoms with Gasteiger partial charge >= 0.3 is 0 Å². The van der Waals surface area contributed by atoms with Crippen LogP contribution in [0.2, 0.25) is 0 Å². The lowest BCUT2D eigenvalue weighted by Crippen LogP contribution is -2.17. The van der Waals surface area contributed by atoms with Gasteiger partial charge in [-0.3, -0.25) is 0 Å². The number of nitrogens with zero attached hydrogens (tertiary/aromatic N) is 1. The van der Waals surface area contributed by atoms with Gasteiger partial charge in [-0.15, -0.1) is 0 Å². The van der Waals surface area contributed by atoms with E-state index in [0.29, 0.717) is 0 Å². The minimum absolute atomic E-state index is 1.23. The number of anilines is 1. The first-order valence-corrected chi connectivity index (χ1v) is 4.27. The van der Waals surface area contributed by atoms with Crippen LogP contribution in [0.5, 0.6) is 0 Å². The molecule has 0 aliphatic carbocycles. The predicted molar refractivity (Wildman–Crippen MR) is 47.0 cm³/mol. The summed E-state index contributed by atoms with van der Waals surface area (Å²) in [5.41, 5.74) is 2.69. The predicted octanol–water partition coefficient (Wildman–Crippen LogP) is 1.92. The molecule has 1 aliphatic heterocycles. The maximum atomic E-state index is 3.20. The number of hydrogen-bond acceptors (Lipinski definition) is 1. The molecule has 2 heteroatoms. The molecule has 2 nitrogen and oxygen atoms in total. The van der Waals surface area contributed by atoms with Crippen molar-refractivity contribution in [2.75, 3.05) is 18.0 Å². The van der Waals surface area contributed by atoms with Gasteiger partial charge in [-0.2, -0.15) is 0 Å². The minimum atomic E-state index is 1.23. The summed E-state index contributed by atoms with van der Waals surface area (Å²) in [7, 11) is 0. The molecule has 0 bridgehead atoms. The third-order valence-corrected chi connectivity index (χ3v) is 2.37. The Kier molecular flexibility index (Phi) is 1.60. The van der Waals surface area contributed by atoms with Crippen LogP contribution in [0.15, 0.2) is 12.3 Å². The molecule has 0 radical (unpaired) electrons. The van der Waals surface area contributed by atoms with E-state index in [-0.39, 0.29) is 0 Å². The summed E-state index contributed by atoms with van der Waals surface area (Å²) in [4.78, 5) is 5.65. The third kappa shape index (κ3) is 1.13. The number of aromatic nitrogens is 1. The van der Waals surface area contributed by atoms with Crippen molar-refractivity contribution >= 4 is 5.69 Å². The molecule has 1 N–H and O–H groups in total. The van der Waals surface area contributed by atoms with Crippen LogP contribution >= 0.6 is 0 Å². The zero-order valence-corrected chi connectivity index (χ0v) is 6.93. The molecule has 1 aromatic rings.